The van der Waals surface area contributed by atoms with Gasteiger partial charge in [0.1, 0.15) is 16.9 Å². The second-order valence-corrected chi connectivity index (χ2v) is 7.45. The number of anilines is 2. The summed E-state index contributed by atoms with van der Waals surface area (Å²) in [5, 5.41) is 30.2. The number of nitriles is 1. The van der Waals surface area contributed by atoms with Crippen molar-refractivity contribution in [3.05, 3.63) is 46.9 Å². The first-order valence-electron chi connectivity index (χ1n) is 7.97. The highest BCUT2D eigenvalue weighted by molar-refractivity contribution is 8.01. The molecule has 2 aromatic heterocycles. The van der Waals surface area contributed by atoms with Gasteiger partial charge in [0.2, 0.25) is 5.13 Å². The average molecular weight is 386 g/mol. The minimum absolute atomic E-state index is 0.328. The molecule has 0 unspecified atom stereocenters. The standard InChI is InChI=1S/C17H15FN6S2/c1-3-12-13(9-19)15(22-21-14(12)4-2)25-17-24-23-16(26-17)20-11-7-5-6-10(18)8-11/h5-8H,3-4H2,1-2H3,(H,20,23). The molecule has 2 heterocycles. The third kappa shape index (κ3) is 3.98. The van der Waals surface area contributed by atoms with Crippen LogP contribution < -0.4 is 5.32 Å². The van der Waals surface area contributed by atoms with Crippen LogP contribution in [-0.4, -0.2) is 20.4 Å². The van der Waals surface area contributed by atoms with Gasteiger partial charge in [-0.3, -0.25) is 0 Å². The first-order valence-corrected chi connectivity index (χ1v) is 9.60. The maximum absolute atomic E-state index is 13.3. The van der Waals surface area contributed by atoms with Crippen molar-refractivity contribution < 1.29 is 4.39 Å². The number of halogens is 1. The van der Waals surface area contributed by atoms with Crippen LogP contribution in [0.5, 0.6) is 0 Å². The summed E-state index contributed by atoms with van der Waals surface area (Å²) >= 11 is 2.56. The smallest absolute Gasteiger partial charge is 0.210 e. The summed E-state index contributed by atoms with van der Waals surface area (Å²) in [6.07, 6.45) is 1.45. The number of hydrogen-bond donors (Lipinski definition) is 1. The van der Waals surface area contributed by atoms with Crippen LogP contribution in [0.15, 0.2) is 33.6 Å². The zero-order chi connectivity index (χ0) is 18.5. The summed E-state index contributed by atoms with van der Waals surface area (Å²) < 4.78 is 13.9. The molecular formula is C17H15FN6S2. The molecular weight excluding hydrogens is 371 g/mol. The molecule has 132 valence electrons. The quantitative estimate of drug-likeness (QED) is 0.673. The average Bonchev–Trinajstić information content (AvgIpc) is 3.08. The molecule has 3 rings (SSSR count). The number of aromatic nitrogens is 4. The van der Waals surface area contributed by atoms with Crippen molar-refractivity contribution in [3.8, 4) is 6.07 Å². The Kier molecular flexibility index (Phi) is 5.75. The number of rotatable bonds is 6. The van der Waals surface area contributed by atoms with Gasteiger partial charge in [0.05, 0.1) is 11.3 Å². The zero-order valence-corrected chi connectivity index (χ0v) is 15.8. The van der Waals surface area contributed by atoms with Gasteiger partial charge in [-0.2, -0.15) is 10.4 Å². The van der Waals surface area contributed by atoms with Gasteiger partial charge in [-0.1, -0.05) is 31.3 Å². The van der Waals surface area contributed by atoms with Gasteiger partial charge in [0, 0.05) is 5.69 Å². The molecule has 1 N–H and O–H groups in total. The molecule has 0 spiro atoms. The molecule has 1 aromatic carbocycles. The molecule has 0 saturated heterocycles. The fraction of sp³-hybridized carbons (Fsp3) is 0.235. The number of nitrogens with zero attached hydrogens (tertiary/aromatic N) is 5. The Hall–Kier alpha value is -2.57. The van der Waals surface area contributed by atoms with Gasteiger partial charge in [-0.15, -0.1) is 15.3 Å². The molecule has 0 radical (unpaired) electrons. The van der Waals surface area contributed by atoms with Crippen LogP contribution in [0.25, 0.3) is 0 Å². The number of benzene rings is 1. The lowest BCUT2D eigenvalue weighted by Crippen LogP contribution is -2.04. The van der Waals surface area contributed by atoms with Crippen molar-refractivity contribution in [2.75, 3.05) is 5.32 Å². The normalized spacial score (nSPS) is 10.5. The van der Waals surface area contributed by atoms with Crippen molar-refractivity contribution in [3.63, 3.8) is 0 Å². The molecule has 0 aliphatic rings. The molecule has 0 aliphatic heterocycles. The summed E-state index contributed by atoms with van der Waals surface area (Å²) in [6, 6.07) is 8.35. The molecule has 0 atom stereocenters. The molecule has 0 bridgehead atoms. The lowest BCUT2D eigenvalue weighted by molar-refractivity contribution is 0.628. The van der Waals surface area contributed by atoms with E-state index in [-0.39, 0.29) is 5.82 Å². The van der Waals surface area contributed by atoms with Gasteiger partial charge in [-0.25, -0.2) is 4.39 Å². The predicted octanol–water partition coefficient (Wildman–Crippen LogP) is 4.36. The van der Waals surface area contributed by atoms with Gasteiger partial charge >= 0.3 is 0 Å². The molecule has 0 saturated carbocycles. The van der Waals surface area contributed by atoms with Gasteiger partial charge < -0.3 is 5.32 Å². The van der Waals surface area contributed by atoms with Crippen LogP contribution in [0.2, 0.25) is 0 Å². The van der Waals surface area contributed by atoms with Crippen LogP contribution in [0.1, 0.15) is 30.7 Å². The van der Waals surface area contributed by atoms with Gasteiger partial charge in [0.15, 0.2) is 4.34 Å². The van der Waals surface area contributed by atoms with E-state index in [1.54, 1.807) is 12.1 Å². The fourth-order valence-corrected chi connectivity index (χ4v) is 4.15. The summed E-state index contributed by atoms with van der Waals surface area (Å²) in [6.45, 7) is 3.99. The monoisotopic (exact) mass is 386 g/mol. The van der Waals surface area contributed by atoms with E-state index in [9.17, 15) is 9.65 Å². The van der Waals surface area contributed by atoms with Crippen molar-refractivity contribution in [1.29, 1.82) is 5.26 Å². The number of nitrogens with one attached hydrogen (secondary N) is 1. The van der Waals surface area contributed by atoms with Crippen LogP contribution in [0.4, 0.5) is 15.2 Å². The highest BCUT2D eigenvalue weighted by Crippen LogP contribution is 2.34. The third-order valence-electron chi connectivity index (χ3n) is 3.59. The van der Waals surface area contributed by atoms with Crippen LogP contribution in [0.3, 0.4) is 0 Å². The van der Waals surface area contributed by atoms with Crippen molar-refractivity contribution in [2.24, 2.45) is 0 Å². The second-order valence-electron chi connectivity index (χ2n) is 5.23. The van der Waals surface area contributed by atoms with E-state index in [2.05, 4.69) is 31.8 Å². The SMILES string of the molecule is CCc1nnc(Sc2nnc(Nc3cccc(F)c3)s2)c(C#N)c1CC. The number of aryl methyl sites for hydroxylation is 1. The highest BCUT2D eigenvalue weighted by Gasteiger charge is 2.17. The van der Waals surface area contributed by atoms with E-state index in [0.29, 0.717) is 25.7 Å². The van der Waals surface area contributed by atoms with E-state index >= 15 is 0 Å². The Bertz CT molecular complexity index is 966. The van der Waals surface area contributed by atoms with E-state index in [4.69, 9.17) is 0 Å². The zero-order valence-electron chi connectivity index (χ0n) is 14.2. The van der Waals surface area contributed by atoms with Gasteiger partial charge in [0.25, 0.3) is 0 Å². The van der Waals surface area contributed by atoms with Crippen molar-refractivity contribution in [2.45, 2.75) is 36.1 Å². The van der Waals surface area contributed by atoms with E-state index < -0.39 is 0 Å². The Morgan fingerprint density at radius 2 is 2.04 bits per heavy atom. The van der Waals surface area contributed by atoms with Gasteiger partial charge in [-0.05, 0) is 48.4 Å². The summed E-state index contributed by atoms with van der Waals surface area (Å²) in [5.41, 5.74) is 2.91. The maximum atomic E-state index is 13.3. The summed E-state index contributed by atoms with van der Waals surface area (Å²) in [7, 11) is 0. The highest BCUT2D eigenvalue weighted by atomic mass is 32.2. The molecule has 9 heteroatoms. The van der Waals surface area contributed by atoms with E-state index in [0.717, 1.165) is 24.1 Å². The van der Waals surface area contributed by atoms with Crippen LogP contribution >= 0.6 is 23.1 Å². The maximum Gasteiger partial charge on any atom is 0.210 e. The molecule has 0 fully saturated rings. The Balaban J connectivity index is 1.82. The molecule has 3 aromatic rings. The number of hydrogen-bond acceptors (Lipinski definition) is 8. The lowest BCUT2D eigenvalue weighted by atomic mass is 10.1. The molecule has 0 aliphatic carbocycles. The van der Waals surface area contributed by atoms with Crippen molar-refractivity contribution in [1.82, 2.24) is 20.4 Å². The first-order chi connectivity index (χ1) is 12.6. The summed E-state index contributed by atoms with van der Waals surface area (Å²) in [4.78, 5) is 0. The molecule has 0 amide bonds. The molecule has 26 heavy (non-hydrogen) atoms. The summed E-state index contributed by atoms with van der Waals surface area (Å²) in [5.74, 6) is -0.328. The minimum Gasteiger partial charge on any atom is -0.330 e. The Morgan fingerprint density at radius 1 is 1.19 bits per heavy atom. The fourth-order valence-electron chi connectivity index (χ4n) is 2.42. The third-order valence-corrected chi connectivity index (χ3v) is 5.46. The van der Waals surface area contributed by atoms with Crippen LogP contribution in [0, 0.1) is 17.1 Å². The largest absolute Gasteiger partial charge is 0.330 e. The Labute approximate surface area is 158 Å². The lowest BCUT2D eigenvalue weighted by Gasteiger charge is -2.08. The first kappa shape index (κ1) is 18.2. The van der Waals surface area contributed by atoms with E-state index in [1.807, 2.05) is 13.8 Å². The van der Waals surface area contributed by atoms with Crippen LogP contribution in [-0.2, 0) is 12.8 Å². The second kappa shape index (κ2) is 8.21. The minimum atomic E-state index is -0.328. The topological polar surface area (TPSA) is 87.4 Å². The van der Waals surface area contributed by atoms with E-state index in [1.165, 1.54) is 35.2 Å². The predicted molar refractivity (Wildman–Crippen MR) is 99.2 cm³/mol. The Morgan fingerprint density at radius 3 is 2.73 bits per heavy atom. The van der Waals surface area contributed by atoms with Crippen molar-refractivity contribution >= 4 is 33.9 Å². The molecule has 6 nitrogen and oxygen atoms in total.